The zero-order chi connectivity index (χ0) is 20.9. The second-order valence-corrected chi connectivity index (χ2v) is 6.61. The molecule has 1 amide bonds. The first-order valence-electron chi connectivity index (χ1n) is 7.72. The molecule has 2 rings (SSSR count). The number of ketones is 1. The highest BCUT2D eigenvalue weighted by atomic mass is 32.2. The quantitative estimate of drug-likeness (QED) is 0.510. The summed E-state index contributed by atoms with van der Waals surface area (Å²) in [6, 6.07) is 9.05. The van der Waals surface area contributed by atoms with Gasteiger partial charge in [-0.25, -0.2) is 0 Å². The number of Topliss-reactive ketones (excluding diaryl/α,β-unsaturated/α-hetero) is 1. The molecular weight excluding hydrogens is 408 g/mol. The number of hydrogen-bond acceptors (Lipinski definition) is 3. The Hall–Kier alpha value is -2.49. The van der Waals surface area contributed by atoms with Gasteiger partial charge in [0.25, 0.3) is 0 Å². The zero-order valence-corrected chi connectivity index (χ0v) is 14.8. The summed E-state index contributed by atoms with van der Waals surface area (Å²) in [7, 11) is 0. The fourth-order valence-electron chi connectivity index (χ4n) is 2.17. The van der Waals surface area contributed by atoms with Crippen molar-refractivity contribution >= 4 is 29.1 Å². The van der Waals surface area contributed by atoms with Crippen molar-refractivity contribution in [3.63, 3.8) is 0 Å². The van der Waals surface area contributed by atoms with Gasteiger partial charge in [0.15, 0.2) is 5.78 Å². The van der Waals surface area contributed by atoms with E-state index < -0.39 is 35.1 Å². The lowest BCUT2D eigenvalue weighted by Gasteiger charge is -2.14. The lowest BCUT2D eigenvalue weighted by Crippen LogP contribution is -2.18. The third-order valence-electron chi connectivity index (χ3n) is 3.43. The number of amides is 1. The smallest absolute Gasteiger partial charge is 0.325 e. The molecule has 0 bridgehead atoms. The molecule has 28 heavy (non-hydrogen) atoms. The number of thioether (sulfide) groups is 1. The molecule has 0 unspecified atom stereocenters. The van der Waals surface area contributed by atoms with E-state index in [1.807, 2.05) is 5.32 Å². The molecule has 0 atom stereocenters. The van der Waals surface area contributed by atoms with Crippen LogP contribution in [0, 0.1) is 0 Å². The van der Waals surface area contributed by atoms with Gasteiger partial charge in [-0.2, -0.15) is 26.3 Å². The molecular formula is C18H13F6NO2S. The number of anilines is 1. The van der Waals surface area contributed by atoms with Crippen LogP contribution in [0.5, 0.6) is 0 Å². The highest BCUT2D eigenvalue weighted by Crippen LogP contribution is 2.37. The van der Waals surface area contributed by atoms with Gasteiger partial charge >= 0.3 is 12.4 Å². The van der Waals surface area contributed by atoms with Crippen LogP contribution in [0.3, 0.4) is 0 Å². The summed E-state index contributed by atoms with van der Waals surface area (Å²) >= 11 is 0.897. The predicted molar refractivity (Wildman–Crippen MR) is 93.2 cm³/mol. The first-order valence-corrected chi connectivity index (χ1v) is 8.87. The molecule has 0 spiro atoms. The molecule has 0 aliphatic heterocycles. The van der Waals surface area contributed by atoms with Gasteiger partial charge < -0.3 is 5.32 Å². The molecule has 0 aliphatic carbocycles. The minimum Gasteiger partial charge on any atom is -0.325 e. The number of benzene rings is 2. The molecule has 0 fully saturated rings. The molecule has 0 aromatic heterocycles. The Balaban J connectivity index is 2.02. The lowest BCUT2D eigenvalue weighted by atomic mass is 10.1. The molecule has 0 heterocycles. The maximum Gasteiger partial charge on any atom is 0.416 e. The molecule has 1 N–H and O–H groups in total. The van der Waals surface area contributed by atoms with E-state index in [9.17, 15) is 35.9 Å². The second kappa shape index (κ2) is 8.68. The van der Waals surface area contributed by atoms with E-state index in [0.717, 1.165) is 11.8 Å². The standard InChI is InChI=1S/C18H13F6NO2S/c19-17(20,21)12-6-13(18(22,23)24)8-14(7-12)25-16(27)10-28-9-15(26)11-4-2-1-3-5-11/h1-8H,9-10H2,(H,25,27). The number of carbonyl (C=O) groups is 2. The highest BCUT2D eigenvalue weighted by molar-refractivity contribution is 8.00. The average molecular weight is 421 g/mol. The molecule has 2 aromatic rings. The molecule has 0 saturated heterocycles. The largest absolute Gasteiger partial charge is 0.416 e. The predicted octanol–water partition coefficient (Wildman–Crippen LogP) is 5.28. The van der Waals surface area contributed by atoms with Crippen molar-refractivity contribution in [3.05, 3.63) is 65.2 Å². The first kappa shape index (κ1) is 21.8. The number of halogens is 6. The van der Waals surface area contributed by atoms with Gasteiger partial charge in [0, 0.05) is 11.3 Å². The van der Waals surface area contributed by atoms with Gasteiger partial charge in [-0.3, -0.25) is 9.59 Å². The SMILES string of the molecule is O=C(CSCC(=O)c1ccccc1)Nc1cc(C(F)(F)F)cc(C(F)(F)F)c1. The van der Waals surface area contributed by atoms with E-state index in [1.165, 1.54) is 0 Å². The first-order chi connectivity index (χ1) is 13.0. The Morgan fingerprint density at radius 2 is 1.36 bits per heavy atom. The average Bonchev–Trinajstić information content (AvgIpc) is 2.60. The van der Waals surface area contributed by atoms with E-state index in [1.54, 1.807) is 30.3 Å². The van der Waals surface area contributed by atoms with Crippen molar-refractivity contribution in [1.82, 2.24) is 0 Å². The summed E-state index contributed by atoms with van der Waals surface area (Å²) in [6.45, 7) is 0. The summed E-state index contributed by atoms with van der Waals surface area (Å²) in [5.41, 5.74) is -3.24. The molecule has 0 aliphatic rings. The number of carbonyl (C=O) groups excluding carboxylic acids is 2. The Labute approximate surface area is 160 Å². The molecule has 3 nitrogen and oxygen atoms in total. The van der Waals surface area contributed by atoms with Crippen molar-refractivity contribution < 1.29 is 35.9 Å². The Kier molecular flexibility index (Phi) is 6.76. The lowest BCUT2D eigenvalue weighted by molar-refractivity contribution is -0.143. The van der Waals surface area contributed by atoms with Crippen molar-refractivity contribution in [1.29, 1.82) is 0 Å². The minimum atomic E-state index is -5.00. The van der Waals surface area contributed by atoms with Crippen molar-refractivity contribution in [2.45, 2.75) is 12.4 Å². The molecule has 0 radical (unpaired) electrons. The van der Waals surface area contributed by atoms with Crippen LogP contribution < -0.4 is 5.32 Å². The summed E-state index contributed by atoms with van der Waals surface area (Å²) in [5.74, 6) is -1.44. The highest BCUT2D eigenvalue weighted by Gasteiger charge is 2.37. The van der Waals surface area contributed by atoms with E-state index >= 15 is 0 Å². The number of nitrogens with one attached hydrogen (secondary N) is 1. The van der Waals surface area contributed by atoms with Gasteiger partial charge in [-0.05, 0) is 18.2 Å². The van der Waals surface area contributed by atoms with Crippen molar-refractivity contribution in [2.75, 3.05) is 16.8 Å². The third kappa shape index (κ3) is 6.29. The van der Waals surface area contributed by atoms with Crippen LogP contribution >= 0.6 is 11.8 Å². The summed E-state index contributed by atoms with van der Waals surface area (Å²) in [5, 5.41) is 2.01. The Morgan fingerprint density at radius 1 is 0.821 bits per heavy atom. The van der Waals surface area contributed by atoms with E-state index in [2.05, 4.69) is 0 Å². The molecule has 150 valence electrons. The fraction of sp³-hybridized carbons (Fsp3) is 0.222. The Bertz CT molecular complexity index is 817. The van der Waals surface area contributed by atoms with Crippen LogP contribution in [-0.2, 0) is 17.1 Å². The van der Waals surface area contributed by atoms with Gasteiger partial charge in [0.1, 0.15) is 0 Å². The number of alkyl halides is 6. The van der Waals surface area contributed by atoms with Crippen LogP contribution in [0.25, 0.3) is 0 Å². The normalized spacial score (nSPS) is 11.9. The molecule has 0 saturated carbocycles. The van der Waals surface area contributed by atoms with Crippen molar-refractivity contribution in [3.8, 4) is 0 Å². The third-order valence-corrected chi connectivity index (χ3v) is 4.37. The van der Waals surface area contributed by atoms with Crippen LogP contribution in [0.4, 0.5) is 32.0 Å². The topological polar surface area (TPSA) is 46.2 Å². The number of hydrogen-bond donors (Lipinski definition) is 1. The summed E-state index contributed by atoms with van der Waals surface area (Å²) in [4.78, 5) is 23.7. The van der Waals surface area contributed by atoms with Crippen LogP contribution in [-0.4, -0.2) is 23.2 Å². The fourth-order valence-corrected chi connectivity index (χ4v) is 2.88. The van der Waals surface area contributed by atoms with E-state index in [-0.39, 0.29) is 23.4 Å². The maximum atomic E-state index is 12.8. The van der Waals surface area contributed by atoms with Gasteiger partial charge in [0.2, 0.25) is 5.91 Å². The summed E-state index contributed by atoms with van der Waals surface area (Å²) in [6.07, 6.45) is -10.0. The second-order valence-electron chi connectivity index (χ2n) is 5.62. The monoisotopic (exact) mass is 421 g/mol. The van der Waals surface area contributed by atoms with Crippen LogP contribution in [0.1, 0.15) is 21.5 Å². The van der Waals surface area contributed by atoms with Crippen LogP contribution in [0.15, 0.2) is 48.5 Å². The van der Waals surface area contributed by atoms with Gasteiger partial charge in [-0.15, -0.1) is 11.8 Å². The van der Waals surface area contributed by atoms with Gasteiger partial charge in [0.05, 0.1) is 22.6 Å². The maximum absolute atomic E-state index is 12.8. The number of rotatable bonds is 6. The van der Waals surface area contributed by atoms with E-state index in [0.29, 0.717) is 17.7 Å². The molecule has 10 heteroatoms. The van der Waals surface area contributed by atoms with Crippen molar-refractivity contribution in [2.24, 2.45) is 0 Å². The minimum absolute atomic E-state index is 0.0249. The summed E-state index contributed by atoms with van der Waals surface area (Å²) < 4.78 is 76.8. The van der Waals surface area contributed by atoms with Gasteiger partial charge in [-0.1, -0.05) is 30.3 Å². The zero-order valence-electron chi connectivity index (χ0n) is 14.0. The van der Waals surface area contributed by atoms with Crippen LogP contribution in [0.2, 0.25) is 0 Å². The molecule has 2 aromatic carbocycles. The Morgan fingerprint density at radius 3 is 1.86 bits per heavy atom. The van der Waals surface area contributed by atoms with E-state index in [4.69, 9.17) is 0 Å².